The van der Waals surface area contributed by atoms with Gasteiger partial charge in [-0.15, -0.1) is 11.3 Å². The second kappa shape index (κ2) is 5.70. The first-order valence-corrected chi connectivity index (χ1v) is 9.03. The molecule has 0 spiro atoms. The van der Waals surface area contributed by atoms with Gasteiger partial charge >= 0.3 is 0 Å². The minimum absolute atomic E-state index is 0.0479. The lowest BCUT2D eigenvalue weighted by Gasteiger charge is -2.10. The van der Waals surface area contributed by atoms with Crippen LogP contribution in [0.1, 0.15) is 25.7 Å². The SMILES string of the molecule is O=c1ccc(-c2ccc(S(=O)(=O)NC3CCCC3)s2)n[nH]1. The molecule has 0 atom stereocenters. The molecule has 2 aromatic rings. The van der Waals surface area contributed by atoms with Gasteiger partial charge in [-0.25, -0.2) is 18.2 Å². The van der Waals surface area contributed by atoms with Crippen LogP contribution < -0.4 is 10.3 Å². The van der Waals surface area contributed by atoms with Crippen molar-refractivity contribution in [2.24, 2.45) is 0 Å². The normalized spacial score (nSPS) is 16.4. The first-order valence-electron chi connectivity index (χ1n) is 6.73. The topological polar surface area (TPSA) is 91.9 Å². The molecule has 1 saturated carbocycles. The van der Waals surface area contributed by atoms with Gasteiger partial charge in [0.05, 0.1) is 4.88 Å². The van der Waals surface area contributed by atoms with Crippen molar-refractivity contribution >= 4 is 21.4 Å². The Bertz CT molecular complexity index is 768. The molecule has 0 amide bonds. The first-order chi connectivity index (χ1) is 10.0. The number of aromatic nitrogens is 2. The lowest BCUT2D eigenvalue weighted by atomic mass is 10.3. The van der Waals surface area contributed by atoms with Crippen LogP contribution in [0, 0.1) is 0 Å². The maximum absolute atomic E-state index is 12.3. The van der Waals surface area contributed by atoms with Crippen LogP contribution in [0.2, 0.25) is 0 Å². The molecule has 2 heterocycles. The quantitative estimate of drug-likeness (QED) is 0.895. The molecule has 0 aromatic carbocycles. The van der Waals surface area contributed by atoms with E-state index >= 15 is 0 Å². The van der Waals surface area contributed by atoms with Gasteiger partial charge in [0.1, 0.15) is 9.90 Å². The zero-order valence-corrected chi connectivity index (χ0v) is 12.8. The maximum atomic E-state index is 12.3. The highest BCUT2D eigenvalue weighted by Gasteiger charge is 2.24. The summed E-state index contributed by atoms with van der Waals surface area (Å²) in [4.78, 5) is 11.7. The van der Waals surface area contributed by atoms with E-state index in [4.69, 9.17) is 0 Å². The third-order valence-corrected chi connectivity index (χ3v) is 6.57. The van der Waals surface area contributed by atoms with E-state index in [9.17, 15) is 13.2 Å². The number of nitrogens with one attached hydrogen (secondary N) is 2. The molecule has 0 unspecified atom stereocenters. The first kappa shape index (κ1) is 14.4. The molecule has 0 saturated heterocycles. The highest BCUT2D eigenvalue weighted by molar-refractivity contribution is 7.91. The molecule has 0 aliphatic heterocycles. The molecule has 1 aliphatic carbocycles. The monoisotopic (exact) mass is 325 g/mol. The van der Waals surface area contributed by atoms with Crippen molar-refractivity contribution in [3.8, 4) is 10.6 Å². The largest absolute Gasteiger partial charge is 0.268 e. The number of H-pyrrole nitrogens is 1. The molecule has 1 aliphatic rings. The fraction of sp³-hybridized carbons (Fsp3) is 0.385. The summed E-state index contributed by atoms with van der Waals surface area (Å²) in [5, 5.41) is 6.25. The predicted octanol–water partition coefficient (Wildman–Crippen LogP) is 1.72. The number of rotatable bonds is 4. The molecule has 1 fully saturated rings. The standard InChI is InChI=1S/C13H15N3O3S2/c17-12-7-5-10(14-15-12)11-6-8-13(20-11)21(18,19)16-9-3-1-2-4-9/h5-9,16H,1-4H2,(H,15,17). The van der Waals surface area contributed by atoms with Gasteiger partial charge in [0.25, 0.3) is 5.56 Å². The Kier molecular flexibility index (Phi) is 3.92. The molecule has 0 radical (unpaired) electrons. The van der Waals surface area contributed by atoms with Gasteiger partial charge < -0.3 is 0 Å². The van der Waals surface area contributed by atoms with Crippen LogP contribution in [-0.2, 0) is 10.0 Å². The van der Waals surface area contributed by atoms with E-state index in [1.165, 1.54) is 6.07 Å². The van der Waals surface area contributed by atoms with Crippen LogP contribution in [0.15, 0.2) is 33.3 Å². The minimum atomic E-state index is -3.47. The number of aromatic amines is 1. The zero-order chi connectivity index (χ0) is 14.9. The van der Waals surface area contributed by atoms with Crippen LogP contribution in [0.5, 0.6) is 0 Å². The Hall–Kier alpha value is -1.51. The fourth-order valence-electron chi connectivity index (χ4n) is 2.41. The minimum Gasteiger partial charge on any atom is -0.268 e. The molecular weight excluding hydrogens is 310 g/mol. The van der Waals surface area contributed by atoms with Gasteiger partial charge in [0.15, 0.2) is 0 Å². The molecular formula is C13H15N3O3S2. The molecule has 8 heteroatoms. The Morgan fingerprint density at radius 3 is 2.62 bits per heavy atom. The highest BCUT2D eigenvalue weighted by Crippen LogP contribution is 2.29. The third-order valence-electron chi connectivity index (χ3n) is 3.45. The van der Waals surface area contributed by atoms with Crippen LogP contribution in [-0.4, -0.2) is 24.7 Å². The number of sulfonamides is 1. The summed E-state index contributed by atoms with van der Waals surface area (Å²) in [7, 11) is -3.47. The van der Waals surface area contributed by atoms with Crippen LogP contribution in [0.25, 0.3) is 10.6 Å². The summed E-state index contributed by atoms with van der Waals surface area (Å²) >= 11 is 1.15. The Morgan fingerprint density at radius 2 is 1.95 bits per heavy atom. The molecule has 21 heavy (non-hydrogen) atoms. The Labute approximate surface area is 126 Å². The van der Waals surface area contributed by atoms with Crippen LogP contribution in [0.4, 0.5) is 0 Å². The summed E-state index contributed by atoms with van der Waals surface area (Å²) in [5.74, 6) is 0. The van der Waals surface area contributed by atoms with Gasteiger partial charge in [-0.3, -0.25) is 4.79 Å². The molecule has 3 rings (SSSR count). The molecule has 2 N–H and O–H groups in total. The summed E-state index contributed by atoms with van der Waals surface area (Å²) in [6.07, 6.45) is 3.95. The smallest absolute Gasteiger partial charge is 0.264 e. The molecule has 0 bridgehead atoms. The van der Waals surface area contributed by atoms with Crippen molar-refractivity contribution in [3.05, 3.63) is 34.6 Å². The van der Waals surface area contributed by atoms with Crippen molar-refractivity contribution in [2.75, 3.05) is 0 Å². The van der Waals surface area contributed by atoms with Crippen molar-refractivity contribution in [1.29, 1.82) is 0 Å². The summed E-state index contributed by atoms with van der Waals surface area (Å²) in [6.45, 7) is 0. The average Bonchev–Trinajstić information content (AvgIpc) is 3.10. The molecule has 112 valence electrons. The summed E-state index contributed by atoms with van der Waals surface area (Å²) in [6, 6.07) is 6.27. The second-order valence-corrected chi connectivity index (χ2v) is 8.05. The highest BCUT2D eigenvalue weighted by atomic mass is 32.2. The van der Waals surface area contributed by atoms with Crippen molar-refractivity contribution < 1.29 is 8.42 Å². The van der Waals surface area contributed by atoms with Crippen molar-refractivity contribution in [1.82, 2.24) is 14.9 Å². The van der Waals surface area contributed by atoms with Crippen molar-refractivity contribution in [3.63, 3.8) is 0 Å². The average molecular weight is 325 g/mol. The third kappa shape index (κ3) is 3.22. The lowest BCUT2D eigenvalue weighted by molar-refractivity contribution is 0.554. The van der Waals surface area contributed by atoms with E-state index in [1.807, 2.05) is 0 Å². The summed E-state index contributed by atoms with van der Waals surface area (Å²) in [5.41, 5.74) is 0.271. The van der Waals surface area contributed by atoms with Gasteiger partial charge in [0.2, 0.25) is 10.0 Å². The van der Waals surface area contributed by atoms with E-state index in [1.54, 1.807) is 18.2 Å². The van der Waals surface area contributed by atoms with Gasteiger partial charge in [-0.2, -0.15) is 5.10 Å². The number of hydrogen-bond donors (Lipinski definition) is 2. The lowest BCUT2D eigenvalue weighted by Crippen LogP contribution is -2.32. The summed E-state index contributed by atoms with van der Waals surface area (Å²) < 4.78 is 27.6. The zero-order valence-electron chi connectivity index (χ0n) is 11.2. The predicted molar refractivity (Wildman–Crippen MR) is 80.7 cm³/mol. The van der Waals surface area contributed by atoms with Gasteiger partial charge in [-0.1, -0.05) is 12.8 Å². The van der Waals surface area contributed by atoms with Crippen molar-refractivity contribution in [2.45, 2.75) is 35.9 Å². The van der Waals surface area contributed by atoms with Gasteiger partial charge in [-0.05, 0) is 31.0 Å². The maximum Gasteiger partial charge on any atom is 0.264 e. The van der Waals surface area contributed by atoms with Crippen LogP contribution in [0.3, 0.4) is 0 Å². The van der Waals surface area contributed by atoms with E-state index in [-0.39, 0.29) is 15.8 Å². The Balaban J connectivity index is 1.83. The number of hydrogen-bond acceptors (Lipinski definition) is 5. The van der Waals surface area contributed by atoms with Crippen LogP contribution >= 0.6 is 11.3 Å². The van der Waals surface area contributed by atoms with Gasteiger partial charge in [0, 0.05) is 12.1 Å². The molecule has 2 aromatic heterocycles. The second-order valence-electron chi connectivity index (χ2n) is 5.03. The number of thiophene rings is 1. The van der Waals surface area contributed by atoms with E-state index in [0.717, 1.165) is 37.0 Å². The Morgan fingerprint density at radius 1 is 1.19 bits per heavy atom. The van der Waals surface area contributed by atoms with E-state index in [2.05, 4.69) is 14.9 Å². The number of nitrogens with zero attached hydrogens (tertiary/aromatic N) is 1. The van der Waals surface area contributed by atoms with E-state index in [0.29, 0.717) is 10.6 Å². The van der Waals surface area contributed by atoms with E-state index < -0.39 is 10.0 Å². The molecule has 6 nitrogen and oxygen atoms in total. The fourth-order valence-corrected chi connectivity index (χ4v) is 5.00.